The predicted molar refractivity (Wildman–Crippen MR) is 86.2 cm³/mol. The molecule has 2 aromatic carbocycles. The summed E-state index contributed by atoms with van der Waals surface area (Å²) >= 11 is 3.44. The van der Waals surface area contributed by atoms with Gasteiger partial charge in [0.1, 0.15) is 11.3 Å². The molecule has 112 valence electrons. The fourth-order valence-electron chi connectivity index (χ4n) is 2.22. The fourth-order valence-corrected chi connectivity index (χ4v) is 2.68. The van der Waals surface area contributed by atoms with Crippen LogP contribution in [0, 0.1) is 0 Å². The maximum atomic E-state index is 11.0. The molecule has 1 aromatic heterocycles. The first-order valence-corrected chi connectivity index (χ1v) is 7.25. The number of phenols is 1. The third kappa shape index (κ3) is 2.75. The zero-order valence-corrected chi connectivity index (χ0v) is 12.9. The van der Waals surface area contributed by atoms with E-state index < -0.39 is 5.97 Å². The molecule has 6 nitrogen and oxygen atoms in total. The van der Waals surface area contributed by atoms with Gasteiger partial charge in [-0.2, -0.15) is 5.10 Å². The van der Waals surface area contributed by atoms with Crippen LogP contribution in [0.3, 0.4) is 0 Å². The number of aromatic hydroxyl groups is 1. The second kappa shape index (κ2) is 5.69. The molecule has 0 aliphatic rings. The first-order valence-electron chi connectivity index (χ1n) is 6.46. The number of carboxylic acids is 1. The summed E-state index contributed by atoms with van der Waals surface area (Å²) in [4.78, 5) is 11.0. The number of anilines is 1. The Morgan fingerprint density at radius 3 is 2.91 bits per heavy atom. The lowest BCUT2D eigenvalue weighted by Gasteiger charge is -2.09. The minimum Gasteiger partial charge on any atom is -0.507 e. The van der Waals surface area contributed by atoms with Crippen molar-refractivity contribution in [3.05, 3.63) is 52.1 Å². The monoisotopic (exact) mass is 361 g/mol. The molecule has 0 fully saturated rings. The van der Waals surface area contributed by atoms with Crippen molar-refractivity contribution >= 4 is 38.5 Å². The van der Waals surface area contributed by atoms with E-state index in [9.17, 15) is 9.90 Å². The highest BCUT2D eigenvalue weighted by atomic mass is 79.9. The molecular weight excluding hydrogens is 350 g/mol. The third-order valence-corrected chi connectivity index (χ3v) is 3.76. The number of fused-ring (bicyclic) bond motifs is 1. The molecule has 0 amide bonds. The Balaban J connectivity index is 1.87. The van der Waals surface area contributed by atoms with Crippen molar-refractivity contribution in [1.82, 2.24) is 10.2 Å². The highest BCUT2D eigenvalue weighted by Crippen LogP contribution is 2.27. The molecule has 22 heavy (non-hydrogen) atoms. The summed E-state index contributed by atoms with van der Waals surface area (Å²) in [6.45, 7) is 0.428. The number of aromatic carboxylic acids is 1. The van der Waals surface area contributed by atoms with Gasteiger partial charge in [0.2, 0.25) is 0 Å². The lowest BCUT2D eigenvalue weighted by Crippen LogP contribution is -2.03. The van der Waals surface area contributed by atoms with E-state index in [2.05, 4.69) is 31.4 Å². The molecule has 0 atom stereocenters. The summed E-state index contributed by atoms with van der Waals surface area (Å²) in [5, 5.41) is 29.7. The summed E-state index contributed by atoms with van der Waals surface area (Å²) in [7, 11) is 0. The van der Waals surface area contributed by atoms with Crippen molar-refractivity contribution in [2.75, 3.05) is 5.32 Å². The van der Waals surface area contributed by atoms with Crippen LogP contribution in [0.15, 0.2) is 41.0 Å². The van der Waals surface area contributed by atoms with Crippen LogP contribution in [0.2, 0.25) is 0 Å². The minimum atomic E-state index is -1.15. The van der Waals surface area contributed by atoms with Crippen LogP contribution in [0.5, 0.6) is 5.75 Å². The van der Waals surface area contributed by atoms with E-state index in [1.165, 1.54) is 12.1 Å². The number of nitrogens with one attached hydrogen (secondary N) is 2. The fraction of sp³-hybridized carbons (Fsp3) is 0.0667. The van der Waals surface area contributed by atoms with Crippen LogP contribution in [0.25, 0.3) is 10.9 Å². The smallest absolute Gasteiger partial charge is 0.339 e. The number of nitrogens with zero attached hydrogens (tertiary/aromatic N) is 1. The number of aromatic amines is 1. The largest absolute Gasteiger partial charge is 0.507 e. The molecule has 0 radical (unpaired) electrons. The van der Waals surface area contributed by atoms with Gasteiger partial charge in [-0.1, -0.05) is 22.0 Å². The highest BCUT2D eigenvalue weighted by molar-refractivity contribution is 9.10. The van der Waals surface area contributed by atoms with E-state index in [1.54, 1.807) is 12.3 Å². The van der Waals surface area contributed by atoms with E-state index in [0.29, 0.717) is 6.54 Å². The van der Waals surface area contributed by atoms with E-state index in [0.717, 1.165) is 26.6 Å². The first kappa shape index (κ1) is 14.4. The van der Waals surface area contributed by atoms with Gasteiger partial charge in [-0.05, 0) is 29.8 Å². The van der Waals surface area contributed by atoms with E-state index in [1.807, 2.05) is 12.1 Å². The molecule has 0 unspecified atom stereocenters. The number of halogens is 1. The number of benzene rings is 2. The van der Waals surface area contributed by atoms with Crippen molar-refractivity contribution in [1.29, 1.82) is 0 Å². The molecule has 3 aromatic rings. The van der Waals surface area contributed by atoms with Gasteiger partial charge < -0.3 is 15.5 Å². The lowest BCUT2D eigenvalue weighted by atomic mass is 10.1. The van der Waals surface area contributed by atoms with Gasteiger partial charge in [0.25, 0.3) is 0 Å². The zero-order chi connectivity index (χ0) is 15.7. The Hall–Kier alpha value is -2.54. The van der Waals surface area contributed by atoms with Gasteiger partial charge in [-0.15, -0.1) is 0 Å². The molecule has 0 bridgehead atoms. The molecule has 3 rings (SSSR count). The molecular formula is C15H12BrN3O3. The minimum absolute atomic E-state index is 0.109. The quantitative estimate of drug-likeness (QED) is 0.571. The number of hydrogen-bond donors (Lipinski definition) is 4. The van der Waals surface area contributed by atoms with E-state index >= 15 is 0 Å². The molecule has 0 aliphatic heterocycles. The second-order valence-corrected chi connectivity index (χ2v) is 5.71. The lowest BCUT2D eigenvalue weighted by molar-refractivity contribution is 0.0693. The number of carboxylic acid groups (broad SMARTS) is 1. The Morgan fingerprint density at radius 2 is 2.14 bits per heavy atom. The molecule has 0 spiro atoms. The number of H-pyrrole nitrogens is 1. The second-order valence-electron chi connectivity index (χ2n) is 4.79. The number of aromatic nitrogens is 2. The van der Waals surface area contributed by atoms with E-state index in [4.69, 9.17) is 5.11 Å². The Kier molecular flexibility index (Phi) is 3.72. The number of carbonyl (C=O) groups is 1. The van der Waals surface area contributed by atoms with Gasteiger partial charge in [-0.3, -0.25) is 5.10 Å². The van der Waals surface area contributed by atoms with Crippen molar-refractivity contribution in [2.45, 2.75) is 6.54 Å². The van der Waals surface area contributed by atoms with Crippen LogP contribution in [0.1, 0.15) is 15.9 Å². The summed E-state index contributed by atoms with van der Waals surface area (Å²) < 4.78 is 0.906. The summed E-state index contributed by atoms with van der Waals surface area (Å²) in [5.74, 6) is -1.39. The molecule has 4 N–H and O–H groups in total. The zero-order valence-electron chi connectivity index (χ0n) is 11.3. The summed E-state index contributed by atoms with van der Waals surface area (Å²) in [6.07, 6.45) is 1.73. The third-order valence-electron chi connectivity index (χ3n) is 3.30. The topological polar surface area (TPSA) is 98.2 Å². The van der Waals surface area contributed by atoms with Crippen molar-refractivity contribution < 1.29 is 15.0 Å². The SMILES string of the molecule is O=C(O)c1cc(CNc2cc(Br)cc3[nH]ncc23)ccc1O. The Bertz CT molecular complexity index is 860. The highest BCUT2D eigenvalue weighted by Gasteiger charge is 2.10. The molecule has 0 saturated heterocycles. The van der Waals surface area contributed by atoms with Crippen molar-refractivity contribution in [2.24, 2.45) is 0 Å². The first-order chi connectivity index (χ1) is 10.5. The van der Waals surface area contributed by atoms with Crippen LogP contribution in [-0.4, -0.2) is 26.4 Å². The average molecular weight is 362 g/mol. The Morgan fingerprint density at radius 1 is 1.32 bits per heavy atom. The molecule has 1 heterocycles. The van der Waals surface area contributed by atoms with Gasteiger partial charge in [0.05, 0.1) is 11.7 Å². The Labute approximate surface area is 133 Å². The molecule has 0 saturated carbocycles. The van der Waals surface area contributed by atoms with E-state index in [-0.39, 0.29) is 11.3 Å². The van der Waals surface area contributed by atoms with Crippen molar-refractivity contribution in [3.8, 4) is 5.75 Å². The number of hydrogen-bond acceptors (Lipinski definition) is 4. The van der Waals surface area contributed by atoms with Crippen LogP contribution in [0.4, 0.5) is 5.69 Å². The average Bonchev–Trinajstić information content (AvgIpc) is 2.93. The number of rotatable bonds is 4. The standard InChI is InChI=1S/C15H12BrN3O3/c16-9-4-12(11-7-18-19-13(11)5-9)17-6-8-1-2-14(20)10(3-8)15(21)22/h1-5,7,17,20H,6H2,(H,18,19)(H,21,22). The van der Waals surface area contributed by atoms with Crippen LogP contribution >= 0.6 is 15.9 Å². The normalized spacial score (nSPS) is 10.8. The summed E-state index contributed by atoms with van der Waals surface area (Å²) in [6, 6.07) is 8.37. The predicted octanol–water partition coefficient (Wildman–Crippen LogP) is 3.34. The van der Waals surface area contributed by atoms with Gasteiger partial charge in [0.15, 0.2) is 0 Å². The van der Waals surface area contributed by atoms with Gasteiger partial charge in [-0.25, -0.2) is 4.79 Å². The van der Waals surface area contributed by atoms with Gasteiger partial charge in [0, 0.05) is 22.1 Å². The maximum absolute atomic E-state index is 11.0. The maximum Gasteiger partial charge on any atom is 0.339 e. The van der Waals surface area contributed by atoms with Crippen LogP contribution < -0.4 is 5.32 Å². The summed E-state index contributed by atoms with van der Waals surface area (Å²) in [5.41, 5.74) is 2.42. The van der Waals surface area contributed by atoms with Gasteiger partial charge >= 0.3 is 5.97 Å². The van der Waals surface area contributed by atoms with Crippen LogP contribution in [-0.2, 0) is 6.54 Å². The van der Waals surface area contributed by atoms with Crippen molar-refractivity contribution in [3.63, 3.8) is 0 Å². The molecule has 0 aliphatic carbocycles. The molecule has 7 heteroatoms.